The number of hydrogen-bond donors (Lipinski definition) is 0. The fourth-order valence-electron chi connectivity index (χ4n) is 1.67. The Morgan fingerprint density at radius 1 is 1.25 bits per heavy atom. The normalized spacial score (nSPS) is 25.1. The number of rotatable bonds is 4. The largest absolute Gasteiger partial charge is 0.373 e. The molecule has 0 heterocycles. The van der Waals surface area contributed by atoms with E-state index in [1.807, 2.05) is 30.3 Å². The molecule has 1 saturated carbocycles. The Balaban J connectivity index is 1.75. The van der Waals surface area contributed by atoms with Gasteiger partial charge in [-0.05, 0) is 18.4 Å². The summed E-state index contributed by atoms with van der Waals surface area (Å²) in [6.07, 6.45) is 0.410. The average molecular weight is 244 g/mol. The second-order valence-corrected chi connectivity index (χ2v) is 5.61. The highest BCUT2D eigenvalue weighted by molar-refractivity contribution is 7.87. The van der Waals surface area contributed by atoms with Crippen LogP contribution in [0, 0.1) is 0 Å². The minimum Gasteiger partial charge on any atom is -0.373 e. The van der Waals surface area contributed by atoms with Gasteiger partial charge in [-0.2, -0.15) is 8.42 Å². The van der Waals surface area contributed by atoms with Crippen molar-refractivity contribution in [1.29, 1.82) is 0 Å². The van der Waals surface area contributed by atoms with Crippen LogP contribution in [0.1, 0.15) is 18.4 Å². The lowest BCUT2D eigenvalue weighted by molar-refractivity contribution is -0.00716. The lowest BCUT2D eigenvalue weighted by Gasteiger charge is -2.32. The molecule has 88 valence electrons. The highest BCUT2D eigenvalue weighted by Crippen LogP contribution is 2.31. The first-order chi connectivity index (χ1) is 7.55. The van der Waals surface area contributed by atoms with Gasteiger partial charge in [0.15, 0.2) is 0 Å². The summed E-state index contributed by atoms with van der Waals surface area (Å²) in [4.78, 5) is 0. The van der Waals surface area contributed by atoms with Crippen LogP contribution in [0.25, 0.3) is 0 Å². The topological polar surface area (TPSA) is 43.4 Å². The van der Waals surface area contributed by atoms with E-state index in [2.05, 4.69) is 0 Å². The minimum atomic E-state index is -4.36. The maximum absolute atomic E-state index is 12.5. The molecule has 16 heavy (non-hydrogen) atoms. The van der Waals surface area contributed by atoms with Crippen molar-refractivity contribution in [2.45, 2.75) is 30.8 Å². The van der Waals surface area contributed by atoms with E-state index in [0.29, 0.717) is 6.61 Å². The van der Waals surface area contributed by atoms with Crippen molar-refractivity contribution in [2.75, 3.05) is 0 Å². The molecule has 1 fully saturated rings. The molecule has 0 N–H and O–H groups in total. The first-order valence-corrected chi connectivity index (χ1v) is 6.59. The van der Waals surface area contributed by atoms with Gasteiger partial charge in [0.25, 0.3) is 0 Å². The van der Waals surface area contributed by atoms with Crippen LogP contribution in [0.5, 0.6) is 0 Å². The average Bonchev–Trinajstić information content (AvgIpc) is 2.15. The molecule has 0 unspecified atom stereocenters. The van der Waals surface area contributed by atoms with Crippen molar-refractivity contribution in [3.8, 4) is 0 Å². The number of benzene rings is 1. The fourth-order valence-corrected chi connectivity index (χ4v) is 2.56. The summed E-state index contributed by atoms with van der Waals surface area (Å²) >= 11 is 0. The molecule has 5 heteroatoms. The molecule has 2 rings (SSSR count). The molecule has 1 aromatic rings. The third-order valence-corrected chi connectivity index (χ3v) is 3.96. The summed E-state index contributed by atoms with van der Waals surface area (Å²) in [6, 6.07) is 9.60. The predicted molar refractivity (Wildman–Crippen MR) is 58.1 cm³/mol. The third-order valence-electron chi connectivity index (χ3n) is 2.78. The molecular formula is C11H13FO3S. The number of hydrogen-bond acceptors (Lipinski definition) is 3. The molecule has 0 aliphatic heterocycles. The molecule has 0 spiro atoms. The lowest BCUT2D eigenvalue weighted by Crippen LogP contribution is -2.39. The molecule has 1 aromatic carbocycles. The molecule has 0 aromatic heterocycles. The summed E-state index contributed by atoms with van der Waals surface area (Å²) in [5.41, 5.74) is 1.04. The molecule has 0 radical (unpaired) electrons. The smallest absolute Gasteiger partial charge is 0.305 e. The summed E-state index contributed by atoms with van der Waals surface area (Å²) in [7, 11) is -4.36. The first kappa shape index (κ1) is 11.5. The molecule has 0 bridgehead atoms. The summed E-state index contributed by atoms with van der Waals surface area (Å²) in [6.45, 7) is 0.449. The Morgan fingerprint density at radius 2 is 1.88 bits per heavy atom. The monoisotopic (exact) mass is 244 g/mol. The van der Waals surface area contributed by atoms with Crippen molar-refractivity contribution in [2.24, 2.45) is 0 Å². The molecule has 1 aliphatic rings. The van der Waals surface area contributed by atoms with E-state index in [0.717, 1.165) is 5.56 Å². The highest BCUT2D eigenvalue weighted by Gasteiger charge is 2.39. The Morgan fingerprint density at radius 3 is 2.44 bits per heavy atom. The molecule has 3 nitrogen and oxygen atoms in total. The van der Waals surface area contributed by atoms with E-state index in [9.17, 15) is 12.3 Å². The maximum Gasteiger partial charge on any atom is 0.305 e. The summed E-state index contributed by atoms with van der Waals surface area (Å²) in [5.74, 6) is 0. The van der Waals surface area contributed by atoms with E-state index in [-0.39, 0.29) is 18.9 Å². The minimum absolute atomic E-state index is 0.129. The zero-order valence-corrected chi connectivity index (χ0v) is 9.49. The molecule has 0 amide bonds. The van der Waals surface area contributed by atoms with Gasteiger partial charge in [0.2, 0.25) is 0 Å². The molecular weight excluding hydrogens is 231 g/mol. The Hall–Kier alpha value is -0.940. The highest BCUT2D eigenvalue weighted by atomic mass is 32.3. The van der Waals surface area contributed by atoms with Crippen LogP contribution in [0.3, 0.4) is 0 Å². The van der Waals surface area contributed by atoms with Gasteiger partial charge in [0.1, 0.15) is 0 Å². The predicted octanol–water partition coefficient (Wildman–Crippen LogP) is 2.03. The molecule has 1 aliphatic carbocycles. The van der Waals surface area contributed by atoms with Gasteiger partial charge in [-0.25, -0.2) is 0 Å². The van der Waals surface area contributed by atoms with Gasteiger partial charge in [0.05, 0.1) is 18.0 Å². The van der Waals surface area contributed by atoms with E-state index in [1.54, 1.807) is 0 Å². The van der Waals surface area contributed by atoms with Crippen molar-refractivity contribution < 1.29 is 17.0 Å². The number of halogens is 1. The molecule has 0 atom stereocenters. The van der Waals surface area contributed by atoms with Crippen LogP contribution in [-0.4, -0.2) is 19.8 Å². The second kappa shape index (κ2) is 4.51. The van der Waals surface area contributed by atoms with Gasteiger partial charge < -0.3 is 4.74 Å². The van der Waals surface area contributed by atoms with E-state index in [1.165, 1.54) is 0 Å². The zero-order chi connectivity index (χ0) is 11.6. The quantitative estimate of drug-likeness (QED) is 0.761. The summed E-state index contributed by atoms with van der Waals surface area (Å²) in [5, 5.41) is -0.853. The van der Waals surface area contributed by atoms with E-state index in [4.69, 9.17) is 4.74 Å². The van der Waals surface area contributed by atoms with Crippen molar-refractivity contribution >= 4 is 10.2 Å². The lowest BCUT2D eigenvalue weighted by atomic mass is 9.95. The standard InChI is InChI=1S/C11H13FO3S/c12-16(13,14)11-6-10(7-11)15-8-9-4-2-1-3-5-9/h1-5,10-11H,6-8H2. The van der Waals surface area contributed by atoms with Crippen molar-refractivity contribution in [3.63, 3.8) is 0 Å². The summed E-state index contributed by atoms with van der Waals surface area (Å²) < 4.78 is 39.0. The van der Waals surface area contributed by atoms with Gasteiger partial charge in [-0.15, -0.1) is 3.89 Å². The Kier molecular flexibility index (Phi) is 3.25. The van der Waals surface area contributed by atoms with Crippen LogP contribution in [0.4, 0.5) is 3.89 Å². The van der Waals surface area contributed by atoms with E-state index < -0.39 is 15.5 Å². The Bertz CT molecular complexity index is 438. The van der Waals surface area contributed by atoms with Crippen LogP contribution in [0.2, 0.25) is 0 Å². The number of ether oxygens (including phenoxy) is 1. The fraction of sp³-hybridized carbons (Fsp3) is 0.455. The second-order valence-electron chi connectivity index (χ2n) is 3.99. The van der Waals surface area contributed by atoms with Crippen LogP contribution < -0.4 is 0 Å². The van der Waals surface area contributed by atoms with Crippen LogP contribution in [0.15, 0.2) is 30.3 Å². The van der Waals surface area contributed by atoms with Crippen molar-refractivity contribution in [1.82, 2.24) is 0 Å². The van der Waals surface area contributed by atoms with E-state index >= 15 is 0 Å². The maximum atomic E-state index is 12.5. The van der Waals surface area contributed by atoms with Gasteiger partial charge in [0, 0.05) is 0 Å². The van der Waals surface area contributed by atoms with Gasteiger partial charge >= 0.3 is 10.2 Å². The van der Waals surface area contributed by atoms with Gasteiger partial charge in [-0.3, -0.25) is 0 Å². The Labute approximate surface area is 94.5 Å². The van der Waals surface area contributed by atoms with Crippen molar-refractivity contribution in [3.05, 3.63) is 35.9 Å². The van der Waals surface area contributed by atoms with Gasteiger partial charge in [-0.1, -0.05) is 30.3 Å². The first-order valence-electron chi connectivity index (χ1n) is 5.14. The van der Waals surface area contributed by atoms with Crippen LogP contribution in [-0.2, 0) is 21.6 Å². The SMILES string of the molecule is O=S(=O)(F)C1CC(OCc2ccccc2)C1. The van der Waals surface area contributed by atoms with Crippen LogP contribution >= 0.6 is 0 Å². The third kappa shape index (κ3) is 2.80. The molecule has 0 saturated heterocycles. The zero-order valence-electron chi connectivity index (χ0n) is 8.67.